The van der Waals surface area contributed by atoms with E-state index in [1.807, 2.05) is 65.8 Å². The van der Waals surface area contributed by atoms with E-state index in [4.69, 9.17) is 16.6 Å². The van der Waals surface area contributed by atoms with Crippen LogP contribution in [0.2, 0.25) is 5.02 Å². The number of halogens is 1. The van der Waals surface area contributed by atoms with Gasteiger partial charge in [0.1, 0.15) is 5.82 Å². The van der Waals surface area contributed by atoms with Gasteiger partial charge in [-0.05, 0) is 71.9 Å². The summed E-state index contributed by atoms with van der Waals surface area (Å²) in [7, 11) is 0. The molecule has 0 bridgehead atoms. The Hall–Kier alpha value is -2.86. The maximum absolute atomic E-state index is 13.5. The Morgan fingerprint density at radius 3 is 2.42 bits per heavy atom. The summed E-state index contributed by atoms with van der Waals surface area (Å²) in [6.07, 6.45) is 0. The minimum atomic E-state index is -0.454. The van der Waals surface area contributed by atoms with Gasteiger partial charge in [-0.2, -0.15) is 0 Å². The Morgan fingerprint density at radius 2 is 1.84 bits per heavy atom. The number of hydrogen-bond acceptors (Lipinski definition) is 3. The van der Waals surface area contributed by atoms with Gasteiger partial charge in [0.25, 0.3) is 5.56 Å². The van der Waals surface area contributed by atoms with Crippen LogP contribution < -0.4 is 10.9 Å². The number of rotatable bonds is 4. The molecular formula is C24H29ClN4O2. The van der Waals surface area contributed by atoms with Gasteiger partial charge in [0, 0.05) is 17.1 Å². The average molecular weight is 441 g/mol. The quantitative estimate of drug-likeness (QED) is 0.603. The molecule has 0 aliphatic rings. The molecule has 0 spiro atoms. The molecule has 0 saturated heterocycles. The maximum Gasteiger partial charge on any atom is 0.318 e. The Bertz CT molecular complexity index is 1160. The maximum atomic E-state index is 13.5. The van der Waals surface area contributed by atoms with Crippen LogP contribution in [0, 0.1) is 6.92 Å². The zero-order valence-corrected chi connectivity index (χ0v) is 19.6. The molecule has 3 rings (SSSR count). The van der Waals surface area contributed by atoms with E-state index >= 15 is 0 Å². The molecule has 31 heavy (non-hydrogen) atoms. The molecule has 3 aromatic rings. The normalized spacial score (nSPS) is 12.6. The van der Waals surface area contributed by atoms with E-state index in [2.05, 4.69) is 5.32 Å². The van der Waals surface area contributed by atoms with Crippen LogP contribution in [-0.4, -0.2) is 32.6 Å². The van der Waals surface area contributed by atoms with Crippen molar-refractivity contribution in [3.63, 3.8) is 0 Å². The van der Waals surface area contributed by atoms with Gasteiger partial charge < -0.3 is 10.2 Å². The van der Waals surface area contributed by atoms with Crippen molar-refractivity contribution in [1.29, 1.82) is 0 Å². The molecule has 0 aliphatic carbocycles. The van der Waals surface area contributed by atoms with Gasteiger partial charge in [-0.25, -0.2) is 9.78 Å². The average Bonchev–Trinajstić information content (AvgIpc) is 2.67. The summed E-state index contributed by atoms with van der Waals surface area (Å²) >= 11 is 6.17. The number of aromatic nitrogens is 2. The molecule has 1 N–H and O–H groups in total. The van der Waals surface area contributed by atoms with E-state index < -0.39 is 6.04 Å². The smallest absolute Gasteiger partial charge is 0.318 e. The fourth-order valence-corrected chi connectivity index (χ4v) is 3.69. The van der Waals surface area contributed by atoms with Gasteiger partial charge in [-0.15, -0.1) is 0 Å². The first-order valence-electron chi connectivity index (χ1n) is 10.4. The third kappa shape index (κ3) is 4.90. The Kier molecular flexibility index (Phi) is 6.41. The van der Waals surface area contributed by atoms with Crippen LogP contribution in [-0.2, 0) is 0 Å². The minimum absolute atomic E-state index is 0.195. The van der Waals surface area contributed by atoms with Crippen LogP contribution in [0.1, 0.15) is 52.0 Å². The Labute approximate surface area is 187 Å². The van der Waals surface area contributed by atoms with Crippen LogP contribution in [0.4, 0.5) is 4.79 Å². The standard InChI is InChI=1S/C24H29ClN4O2/c1-7-28(23(31)27-24(4,5)6)16(3)21-26-20-14-17(25)10-13-19(20)22(30)29(21)18-11-8-15(2)9-12-18/h8-14,16H,7H2,1-6H3,(H,27,31). The summed E-state index contributed by atoms with van der Waals surface area (Å²) in [6, 6.07) is 12.1. The fraction of sp³-hybridized carbons (Fsp3) is 0.375. The molecule has 2 aromatic carbocycles. The predicted molar refractivity (Wildman–Crippen MR) is 126 cm³/mol. The van der Waals surface area contributed by atoms with Crippen molar-refractivity contribution in [3.8, 4) is 5.69 Å². The van der Waals surface area contributed by atoms with Gasteiger partial charge >= 0.3 is 6.03 Å². The van der Waals surface area contributed by atoms with Crippen LogP contribution in [0.3, 0.4) is 0 Å². The largest absolute Gasteiger partial charge is 0.333 e. The number of benzene rings is 2. The highest BCUT2D eigenvalue weighted by molar-refractivity contribution is 6.31. The lowest BCUT2D eigenvalue weighted by atomic mass is 10.1. The molecule has 2 amide bonds. The van der Waals surface area contributed by atoms with Gasteiger partial charge in [-0.1, -0.05) is 29.3 Å². The summed E-state index contributed by atoms with van der Waals surface area (Å²) in [5, 5.41) is 3.98. The topological polar surface area (TPSA) is 67.2 Å². The van der Waals surface area contributed by atoms with E-state index in [9.17, 15) is 9.59 Å². The van der Waals surface area contributed by atoms with Crippen LogP contribution in [0.25, 0.3) is 16.6 Å². The summed E-state index contributed by atoms with van der Waals surface area (Å²) in [5.41, 5.74) is 1.72. The number of amides is 2. The highest BCUT2D eigenvalue weighted by Crippen LogP contribution is 2.24. The summed E-state index contributed by atoms with van der Waals surface area (Å²) < 4.78 is 1.59. The van der Waals surface area contributed by atoms with E-state index in [-0.39, 0.29) is 17.1 Å². The van der Waals surface area contributed by atoms with Crippen molar-refractivity contribution >= 4 is 28.5 Å². The summed E-state index contributed by atoms with van der Waals surface area (Å²) in [6.45, 7) is 12.0. The highest BCUT2D eigenvalue weighted by Gasteiger charge is 2.27. The molecule has 0 aliphatic heterocycles. The van der Waals surface area contributed by atoms with Gasteiger partial charge in [-0.3, -0.25) is 9.36 Å². The van der Waals surface area contributed by atoms with Crippen LogP contribution in [0.5, 0.6) is 0 Å². The number of nitrogens with zero attached hydrogens (tertiary/aromatic N) is 3. The lowest BCUT2D eigenvalue weighted by Gasteiger charge is -2.32. The third-order valence-electron chi connectivity index (χ3n) is 5.07. The summed E-state index contributed by atoms with van der Waals surface area (Å²) in [4.78, 5) is 33.0. The zero-order chi connectivity index (χ0) is 22.9. The number of hydrogen-bond donors (Lipinski definition) is 1. The molecule has 1 heterocycles. The van der Waals surface area contributed by atoms with Crippen LogP contribution >= 0.6 is 11.6 Å². The predicted octanol–water partition coefficient (Wildman–Crippen LogP) is 5.24. The molecule has 1 atom stereocenters. The molecule has 164 valence electrons. The number of carbonyl (C=O) groups is 1. The molecule has 6 nitrogen and oxygen atoms in total. The van der Waals surface area contributed by atoms with Crippen molar-refractivity contribution in [3.05, 3.63) is 69.2 Å². The van der Waals surface area contributed by atoms with Crippen molar-refractivity contribution in [2.24, 2.45) is 0 Å². The molecule has 1 aromatic heterocycles. The second-order valence-corrected chi connectivity index (χ2v) is 9.19. The summed E-state index contributed by atoms with van der Waals surface area (Å²) in [5.74, 6) is 0.481. The molecule has 1 unspecified atom stereocenters. The second kappa shape index (κ2) is 8.71. The first-order chi connectivity index (χ1) is 14.5. The Morgan fingerprint density at radius 1 is 1.19 bits per heavy atom. The number of aryl methyl sites for hydroxylation is 1. The van der Waals surface area contributed by atoms with E-state index in [0.717, 1.165) is 5.56 Å². The molecular weight excluding hydrogens is 412 g/mol. The lowest BCUT2D eigenvalue weighted by Crippen LogP contribution is -2.49. The minimum Gasteiger partial charge on any atom is -0.333 e. The van der Waals surface area contributed by atoms with E-state index in [1.54, 1.807) is 27.7 Å². The van der Waals surface area contributed by atoms with Gasteiger partial charge in [0.15, 0.2) is 0 Å². The first kappa shape index (κ1) is 22.8. The number of urea groups is 1. The molecule has 0 fully saturated rings. The van der Waals surface area contributed by atoms with Crippen molar-refractivity contribution in [2.75, 3.05) is 6.54 Å². The van der Waals surface area contributed by atoms with Gasteiger partial charge in [0.2, 0.25) is 0 Å². The van der Waals surface area contributed by atoms with Crippen molar-refractivity contribution in [1.82, 2.24) is 19.8 Å². The number of fused-ring (bicyclic) bond motifs is 1. The molecule has 0 saturated carbocycles. The van der Waals surface area contributed by atoms with Crippen molar-refractivity contribution < 1.29 is 4.79 Å². The second-order valence-electron chi connectivity index (χ2n) is 8.75. The third-order valence-corrected chi connectivity index (χ3v) is 5.31. The monoisotopic (exact) mass is 440 g/mol. The van der Waals surface area contributed by atoms with Crippen molar-refractivity contribution in [2.45, 2.75) is 53.1 Å². The molecule has 7 heteroatoms. The zero-order valence-electron chi connectivity index (χ0n) is 18.9. The van der Waals surface area contributed by atoms with Crippen LogP contribution in [0.15, 0.2) is 47.3 Å². The number of nitrogens with one attached hydrogen (secondary N) is 1. The van der Waals surface area contributed by atoms with E-state index in [0.29, 0.717) is 34.0 Å². The first-order valence-corrected chi connectivity index (χ1v) is 10.8. The van der Waals surface area contributed by atoms with Gasteiger partial charge in [0.05, 0.1) is 22.6 Å². The fourth-order valence-electron chi connectivity index (χ4n) is 3.52. The highest BCUT2D eigenvalue weighted by atomic mass is 35.5. The Balaban J connectivity index is 2.23. The molecule has 0 radical (unpaired) electrons. The lowest BCUT2D eigenvalue weighted by molar-refractivity contribution is 0.171. The SMILES string of the molecule is CCN(C(=O)NC(C)(C)C)C(C)c1nc2cc(Cl)ccc2c(=O)n1-c1ccc(C)cc1. The van der Waals surface area contributed by atoms with E-state index in [1.165, 1.54) is 0 Å². The number of carbonyl (C=O) groups excluding carboxylic acids is 1.